The lowest BCUT2D eigenvalue weighted by molar-refractivity contribution is -0.137. The molecule has 0 aromatic carbocycles. The maximum absolute atomic E-state index is 12.7. The average Bonchev–Trinajstić information content (AvgIpc) is 2.74. The Hall–Kier alpha value is -2.44. The second-order valence-electron chi connectivity index (χ2n) is 7.96. The SMILES string of the molecule is CCOC(=O)c1ccc(C(=O)NC2CCN(C(=O)C3CCCCC3)CC2)nc1C. The first-order valence-corrected chi connectivity index (χ1v) is 10.7. The van der Waals surface area contributed by atoms with Gasteiger partial charge in [-0.15, -0.1) is 0 Å². The first-order valence-electron chi connectivity index (χ1n) is 10.7. The summed E-state index contributed by atoms with van der Waals surface area (Å²) in [5.74, 6) is -0.193. The Morgan fingerprint density at radius 3 is 2.41 bits per heavy atom. The number of amides is 2. The summed E-state index contributed by atoms with van der Waals surface area (Å²) in [6, 6.07) is 3.17. The van der Waals surface area contributed by atoms with Gasteiger partial charge >= 0.3 is 5.97 Å². The number of hydrogen-bond acceptors (Lipinski definition) is 5. The van der Waals surface area contributed by atoms with Crippen LogP contribution in [0.25, 0.3) is 0 Å². The number of pyridine rings is 1. The Balaban J connectivity index is 1.51. The predicted molar refractivity (Wildman–Crippen MR) is 109 cm³/mol. The molecule has 29 heavy (non-hydrogen) atoms. The van der Waals surface area contributed by atoms with Crippen LogP contribution in [0.1, 0.15) is 78.4 Å². The molecule has 7 nitrogen and oxygen atoms in total. The molecule has 1 N–H and O–H groups in total. The van der Waals surface area contributed by atoms with Crippen LogP contribution in [0, 0.1) is 12.8 Å². The number of nitrogens with zero attached hydrogens (tertiary/aromatic N) is 2. The van der Waals surface area contributed by atoms with Crippen LogP contribution in [0.4, 0.5) is 0 Å². The van der Waals surface area contributed by atoms with Crippen LogP contribution < -0.4 is 5.32 Å². The van der Waals surface area contributed by atoms with Gasteiger partial charge in [0.05, 0.1) is 17.9 Å². The maximum atomic E-state index is 12.7. The molecule has 7 heteroatoms. The molecule has 2 heterocycles. The molecule has 0 atom stereocenters. The van der Waals surface area contributed by atoms with Crippen LogP contribution in [0.5, 0.6) is 0 Å². The van der Waals surface area contributed by atoms with Crippen molar-refractivity contribution in [3.63, 3.8) is 0 Å². The lowest BCUT2D eigenvalue weighted by atomic mass is 9.87. The molecule has 1 aliphatic heterocycles. The average molecular weight is 402 g/mol. The van der Waals surface area contributed by atoms with Crippen molar-refractivity contribution in [3.05, 3.63) is 29.1 Å². The van der Waals surface area contributed by atoms with Crippen molar-refractivity contribution in [2.24, 2.45) is 5.92 Å². The summed E-state index contributed by atoms with van der Waals surface area (Å²) in [5, 5.41) is 3.02. The number of carbonyl (C=O) groups is 3. The molecule has 2 fully saturated rings. The number of aromatic nitrogens is 1. The Morgan fingerprint density at radius 2 is 1.79 bits per heavy atom. The molecule has 1 aromatic heterocycles. The maximum Gasteiger partial charge on any atom is 0.339 e. The summed E-state index contributed by atoms with van der Waals surface area (Å²) in [6.45, 7) is 5.11. The molecular formula is C22H31N3O4. The van der Waals surface area contributed by atoms with E-state index in [1.54, 1.807) is 26.0 Å². The Kier molecular flexibility index (Phi) is 7.23. The second-order valence-corrected chi connectivity index (χ2v) is 7.96. The van der Waals surface area contributed by atoms with Crippen molar-refractivity contribution in [2.45, 2.75) is 64.8 Å². The highest BCUT2D eigenvalue weighted by molar-refractivity contribution is 5.95. The fraction of sp³-hybridized carbons (Fsp3) is 0.636. The molecule has 1 saturated heterocycles. The van der Waals surface area contributed by atoms with Crippen molar-refractivity contribution in [2.75, 3.05) is 19.7 Å². The third kappa shape index (κ3) is 5.34. The number of esters is 1. The zero-order chi connectivity index (χ0) is 20.8. The Morgan fingerprint density at radius 1 is 1.10 bits per heavy atom. The molecular weight excluding hydrogens is 370 g/mol. The quantitative estimate of drug-likeness (QED) is 0.767. The number of nitrogens with one attached hydrogen (secondary N) is 1. The molecule has 158 valence electrons. The zero-order valence-electron chi connectivity index (χ0n) is 17.4. The lowest BCUT2D eigenvalue weighted by Crippen LogP contribution is -2.48. The van der Waals surface area contributed by atoms with Gasteiger partial charge in [-0.1, -0.05) is 19.3 Å². The van der Waals surface area contributed by atoms with E-state index < -0.39 is 5.97 Å². The van der Waals surface area contributed by atoms with Gasteiger partial charge in [-0.05, 0) is 51.7 Å². The number of likely N-dealkylation sites (tertiary alicyclic amines) is 1. The second kappa shape index (κ2) is 9.85. The fourth-order valence-corrected chi connectivity index (χ4v) is 4.22. The highest BCUT2D eigenvalue weighted by Gasteiger charge is 2.29. The number of ether oxygens (including phenoxy) is 1. The smallest absolute Gasteiger partial charge is 0.339 e. The largest absolute Gasteiger partial charge is 0.462 e. The van der Waals surface area contributed by atoms with E-state index in [0.717, 1.165) is 38.5 Å². The van der Waals surface area contributed by atoms with Gasteiger partial charge in [-0.2, -0.15) is 0 Å². The number of piperidine rings is 1. The number of aryl methyl sites for hydroxylation is 1. The van der Waals surface area contributed by atoms with Gasteiger partial charge in [0.1, 0.15) is 5.69 Å². The number of rotatable bonds is 5. The van der Waals surface area contributed by atoms with E-state index in [2.05, 4.69) is 10.3 Å². The highest BCUT2D eigenvalue weighted by atomic mass is 16.5. The molecule has 1 aliphatic carbocycles. The molecule has 0 bridgehead atoms. The van der Waals surface area contributed by atoms with Crippen LogP contribution in [-0.2, 0) is 9.53 Å². The molecule has 0 radical (unpaired) electrons. The summed E-state index contributed by atoms with van der Waals surface area (Å²) in [5.41, 5.74) is 1.14. The van der Waals surface area contributed by atoms with Crippen molar-refractivity contribution < 1.29 is 19.1 Å². The minimum absolute atomic E-state index is 0.0322. The van der Waals surface area contributed by atoms with E-state index in [1.165, 1.54) is 6.42 Å². The van der Waals surface area contributed by atoms with Crippen molar-refractivity contribution in [1.29, 1.82) is 0 Å². The summed E-state index contributed by atoms with van der Waals surface area (Å²) in [4.78, 5) is 43.3. The van der Waals surface area contributed by atoms with Gasteiger partial charge in [-0.25, -0.2) is 9.78 Å². The van der Waals surface area contributed by atoms with Crippen LogP contribution in [0.15, 0.2) is 12.1 Å². The first-order chi connectivity index (χ1) is 14.0. The van der Waals surface area contributed by atoms with Gasteiger partial charge in [0.2, 0.25) is 5.91 Å². The number of carbonyl (C=O) groups excluding carboxylic acids is 3. The van der Waals surface area contributed by atoms with Gasteiger partial charge in [0.25, 0.3) is 5.91 Å². The molecule has 3 rings (SSSR count). The fourth-order valence-electron chi connectivity index (χ4n) is 4.22. The molecule has 0 unspecified atom stereocenters. The van der Waals surface area contributed by atoms with Gasteiger partial charge < -0.3 is 15.0 Å². The summed E-state index contributed by atoms with van der Waals surface area (Å²) < 4.78 is 4.99. The van der Waals surface area contributed by atoms with Crippen molar-refractivity contribution in [3.8, 4) is 0 Å². The van der Waals surface area contributed by atoms with Crippen molar-refractivity contribution >= 4 is 17.8 Å². The lowest BCUT2D eigenvalue weighted by Gasteiger charge is -2.35. The van der Waals surface area contributed by atoms with Crippen LogP contribution in [0.2, 0.25) is 0 Å². The minimum Gasteiger partial charge on any atom is -0.462 e. The monoisotopic (exact) mass is 401 g/mol. The normalized spacial score (nSPS) is 18.3. The molecule has 0 spiro atoms. The van der Waals surface area contributed by atoms with Crippen LogP contribution in [0.3, 0.4) is 0 Å². The standard InChI is InChI=1S/C22H31N3O4/c1-3-29-22(28)18-9-10-19(23-15(18)2)20(26)24-17-11-13-25(14-12-17)21(27)16-7-5-4-6-8-16/h9-10,16-17H,3-8,11-14H2,1-2H3,(H,24,26). The van der Waals surface area contributed by atoms with E-state index >= 15 is 0 Å². The zero-order valence-corrected chi connectivity index (χ0v) is 17.4. The third-order valence-electron chi connectivity index (χ3n) is 5.91. The third-order valence-corrected chi connectivity index (χ3v) is 5.91. The summed E-state index contributed by atoms with van der Waals surface area (Å²) in [7, 11) is 0. The van der Waals surface area contributed by atoms with Crippen LogP contribution in [-0.4, -0.2) is 53.4 Å². The van der Waals surface area contributed by atoms with E-state index in [0.29, 0.717) is 36.9 Å². The summed E-state index contributed by atoms with van der Waals surface area (Å²) in [6.07, 6.45) is 7.10. The Bertz CT molecular complexity index is 750. The van der Waals surface area contributed by atoms with E-state index in [-0.39, 0.29) is 23.6 Å². The molecule has 2 amide bonds. The first kappa shape index (κ1) is 21.3. The van der Waals surface area contributed by atoms with Gasteiger partial charge in [-0.3, -0.25) is 9.59 Å². The highest BCUT2D eigenvalue weighted by Crippen LogP contribution is 2.26. The topological polar surface area (TPSA) is 88.6 Å². The molecule has 2 aliphatic rings. The Labute approximate surface area is 172 Å². The van der Waals surface area contributed by atoms with E-state index in [4.69, 9.17) is 4.74 Å². The van der Waals surface area contributed by atoms with Gasteiger partial charge in [0.15, 0.2) is 0 Å². The van der Waals surface area contributed by atoms with Crippen molar-refractivity contribution in [1.82, 2.24) is 15.2 Å². The molecule has 1 aromatic rings. The summed E-state index contributed by atoms with van der Waals surface area (Å²) >= 11 is 0. The van der Waals surface area contributed by atoms with E-state index in [9.17, 15) is 14.4 Å². The van der Waals surface area contributed by atoms with E-state index in [1.807, 2.05) is 4.90 Å². The predicted octanol–water partition coefficient (Wildman–Crippen LogP) is 2.87. The van der Waals surface area contributed by atoms with Crippen LogP contribution >= 0.6 is 0 Å². The minimum atomic E-state index is -0.431. The molecule has 1 saturated carbocycles. The van der Waals surface area contributed by atoms with Gasteiger partial charge in [0, 0.05) is 25.0 Å². The number of hydrogen-bond donors (Lipinski definition) is 1.